The zero-order chi connectivity index (χ0) is 16.8. The van der Waals surface area contributed by atoms with Crippen LogP contribution in [0.15, 0.2) is 36.9 Å². The molecule has 0 saturated heterocycles. The Morgan fingerprint density at radius 2 is 1.73 bits per heavy atom. The predicted molar refractivity (Wildman–Crippen MR) is 72.6 cm³/mol. The third kappa shape index (κ3) is 5.21. The number of nitrogens with one attached hydrogen (secondary N) is 2. The molecule has 120 valence electrons. The molecule has 1 aromatic carbocycles. The maximum atomic E-state index is 12.4. The van der Waals surface area contributed by atoms with E-state index in [1.807, 2.05) is 0 Å². The summed E-state index contributed by atoms with van der Waals surface area (Å²) in [5, 5.41) is 14.2. The molecule has 5 nitrogen and oxygen atoms in total. The summed E-state index contributed by atoms with van der Waals surface area (Å²) in [6, 6.07) is 3.88. The lowest BCUT2D eigenvalue weighted by Gasteiger charge is -2.13. The summed E-state index contributed by atoms with van der Waals surface area (Å²) < 4.78 is 37.2. The Labute approximate surface area is 124 Å². The third-order valence-electron chi connectivity index (χ3n) is 2.69. The minimum atomic E-state index is -4.46. The van der Waals surface area contributed by atoms with E-state index in [9.17, 15) is 27.9 Å². The lowest BCUT2D eigenvalue weighted by Crippen LogP contribution is -2.41. The molecule has 1 atom stereocenters. The first-order valence-electron chi connectivity index (χ1n) is 6.28. The quantitative estimate of drug-likeness (QED) is 0.563. The van der Waals surface area contributed by atoms with Gasteiger partial charge in [0.05, 0.1) is 11.7 Å². The van der Waals surface area contributed by atoms with Crippen LogP contribution in [-0.4, -0.2) is 30.0 Å². The number of hydrogen-bond acceptors (Lipinski definition) is 3. The first-order valence-corrected chi connectivity index (χ1v) is 6.28. The standard InChI is InChI=1S/C14H15F3N2O3/c1-2-7-18-12(21)13(22)19-8-11(20)9-3-5-10(6-4-9)14(15,16)17/h2-6,11,20H,1,7-8H2,(H,18,21)(H,19,22). The van der Waals surface area contributed by atoms with Crippen LogP contribution < -0.4 is 10.6 Å². The smallest absolute Gasteiger partial charge is 0.387 e. The van der Waals surface area contributed by atoms with Crippen molar-refractivity contribution >= 4 is 11.8 Å². The molecule has 0 radical (unpaired) electrons. The van der Waals surface area contributed by atoms with Gasteiger partial charge in [-0.2, -0.15) is 13.2 Å². The summed E-state index contributed by atoms with van der Waals surface area (Å²) in [4.78, 5) is 22.6. The highest BCUT2D eigenvalue weighted by Crippen LogP contribution is 2.29. The maximum Gasteiger partial charge on any atom is 0.416 e. The summed E-state index contributed by atoms with van der Waals surface area (Å²) >= 11 is 0. The van der Waals surface area contributed by atoms with Gasteiger partial charge in [-0.1, -0.05) is 18.2 Å². The number of amides is 2. The molecular weight excluding hydrogens is 301 g/mol. The van der Waals surface area contributed by atoms with E-state index >= 15 is 0 Å². The van der Waals surface area contributed by atoms with Crippen LogP contribution in [0.5, 0.6) is 0 Å². The van der Waals surface area contributed by atoms with Crippen molar-refractivity contribution in [1.29, 1.82) is 0 Å². The highest BCUT2D eigenvalue weighted by atomic mass is 19.4. The number of benzene rings is 1. The first kappa shape index (κ1) is 17.7. The number of hydrogen-bond donors (Lipinski definition) is 3. The SMILES string of the molecule is C=CCNC(=O)C(=O)NCC(O)c1ccc(C(F)(F)F)cc1. The molecule has 22 heavy (non-hydrogen) atoms. The highest BCUT2D eigenvalue weighted by molar-refractivity contribution is 6.35. The number of aliphatic hydroxyl groups excluding tert-OH is 1. The fraction of sp³-hybridized carbons (Fsp3) is 0.286. The van der Waals surface area contributed by atoms with Crippen LogP contribution in [0.2, 0.25) is 0 Å². The zero-order valence-electron chi connectivity index (χ0n) is 11.5. The second-order valence-electron chi connectivity index (χ2n) is 4.34. The average Bonchev–Trinajstić information content (AvgIpc) is 2.49. The van der Waals surface area contributed by atoms with Crippen molar-refractivity contribution < 1.29 is 27.9 Å². The van der Waals surface area contributed by atoms with Gasteiger partial charge in [0.2, 0.25) is 0 Å². The van der Waals surface area contributed by atoms with E-state index in [4.69, 9.17) is 0 Å². The maximum absolute atomic E-state index is 12.4. The number of carbonyl (C=O) groups is 2. The van der Waals surface area contributed by atoms with Crippen molar-refractivity contribution in [3.63, 3.8) is 0 Å². The molecule has 2 amide bonds. The van der Waals surface area contributed by atoms with Crippen molar-refractivity contribution in [2.24, 2.45) is 0 Å². The Hall–Kier alpha value is -2.35. The molecule has 0 saturated carbocycles. The van der Waals surface area contributed by atoms with Crippen molar-refractivity contribution in [2.75, 3.05) is 13.1 Å². The number of rotatable bonds is 5. The molecule has 0 bridgehead atoms. The average molecular weight is 316 g/mol. The number of aliphatic hydroxyl groups is 1. The van der Waals surface area contributed by atoms with E-state index in [-0.39, 0.29) is 18.7 Å². The van der Waals surface area contributed by atoms with E-state index in [0.717, 1.165) is 24.3 Å². The van der Waals surface area contributed by atoms with Crippen LogP contribution in [0.4, 0.5) is 13.2 Å². The van der Waals surface area contributed by atoms with Crippen LogP contribution in [0.3, 0.4) is 0 Å². The minimum absolute atomic E-state index is 0.119. The van der Waals surface area contributed by atoms with E-state index < -0.39 is 29.7 Å². The summed E-state index contributed by atoms with van der Waals surface area (Å²) in [5.74, 6) is -1.84. The number of carbonyl (C=O) groups excluding carboxylic acids is 2. The summed E-state index contributed by atoms with van der Waals surface area (Å²) in [5.41, 5.74) is -0.643. The van der Waals surface area contributed by atoms with Crippen LogP contribution >= 0.6 is 0 Å². The lowest BCUT2D eigenvalue weighted by atomic mass is 10.1. The van der Waals surface area contributed by atoms with Gasteiger partial charge in [-0.05, 0) is 17.7 Å². The van der Waals surface area contributed by atoms with Gasteiger partial charge in [0.15, 0.2) is 0 Å². The molecule has 0 aliphatic heterocycles. The Bertz CT molecular complexity index is 541. The van der Waals surface area contributed by atoms with Gasteiger partial charge in [-0.25, -0.2) is 0 Å². The number of alkyl halides is 3. The molecule has 8 heteroatoms. The minimum Gasteiger partial charge on any atom is -0.387 e. The van der Waals surface area contributed by atoms with Crippen LogP contribution in [0.25, 0.3) is 0 Å². The monoisotopic (exact) mass is 316 g/mol. The van der Waals surface area contributed by atoms with Crippen molar-refractivity contribution in [1.82, 2.24) is 10.6 Å². The summed E-state index contributed by atoms with van der Waals surface area (Å²) in [6.07, 6.45) is -4.29. The van der Waals surface area contributed by atoms with Crippen LogP contribution in [0.1, 0.15) is 17.2 Å². The van der Waals surface area contributed by atoms with Gasteiger partial charge in [0.25, 0.3) is 0 Å². The van der Waals surface area contributed by atoms with E-state index in [1.54, 1.807) is 0 Å². The molecule has 0 aliphatic carbocycles. The Morgan fingerprint density at radius 1 is 1.18 bits per heavy atom. The zero-order valence-corrected chi connectivity index (χ0v) is 11.5. The fourth-order valence-electron chi connectivity index (χ4n) is 1.53. The summed E-state index contributed by atoms with van der Waals surface area (Å²) in [7, 11) is 0. The highest BCUT2D eigenvalue weighted by Gasteiger charge is 2.30. The van der Waals surface area contributed by atoms with Gasteiger partial charge >= 0.3 is 18.0 Å². The third-order valence-corrected chi connectivity index (χ3v) is 2.69. The second kappa shape index (κ2) is 7.60. The van der Waals surface area contributed by atoms with Gasteiger partial charge in [0.1, 0.15) is 0 Å². The summed E-state index contributed by atoms with van der Waals surface area (Å²) in [6.45, 7) is 3.18. The normalized spacial score (nSPS) is 12.4. The van der Waals surface area contributed by atoms with E-state index in [1.165, 1.54) is 6.08 Å². The molecule has 0 aliphatic rings. The van der Waals surface area contributed by atoms with Crippen LogP contribution in [0, 0.1) is 0 Å². The number of halogens is 3. The molecule has 1 unspecified atom stereocenters. The second-order valence-corrected chi connectivity index (χ2v) is 4.34. The Balaban J connectivity index is 2.55. The van der Waals surface area contributed by atoms with Crippen LogP contribution in [-0.2, 0) is 15.8 Å². The van der Waals surface area contributed by atoms with Gasteiger partial charge in [-0.15, -0.1) is 6.58 Å². The van der Waals surface area contributed by atoms with Gasteiger partial charge in [0, 0.05) is 13.1 Å². The fourth-order valence-corrected chi connectivity index (χ4v) is 1.53. The molecule has 0 spiro atoms. The topological polar surface area (TPSA) is 78.4 Å². The molecule has 0 fully saturated rings. The Kier molecular flexibility index (Phi) is 6.11. The van der Waals surface area contributed by atoms with Crippen molar-refractivity contribution in [2.45, 2.75) is 12.3 Å². The molecule has 0 heterocycles. The molecular formula is C14H15F3N2O3. The molecule has 1 rings (SSSR count). The Morgan fingerprint density at radius 3 is 2.23 bits per heavy atom. The molecule has 3 N–H and O–H groups in total. The van der Waals surface area contributed by atoms with Crippen molar-refractivity contribution in [3.05, 3.63) is 48.0 Å². The molecule has 1 aromatic rings. The van der Waals surface area contributed by atoms with E-state index in [0.29, 0.717) is 0 Å². The van der Waals surface area contributed by atoms with Gasteiger partial charge < -0.3 is 15.7 Å². The predicted octanol–water partition coefficient (Wildman–Crippen LogP) is 1.16. The molecule has 0 aromatic heterocycles. The van der Waals surface area contributed by atoms with Crippen molar-refractivity contribution in [3.8, 4) is 0 Å². The van der Waals surface area contributed by atoms with Gasteiger partial charge in [-0.3, -0.25) is 9.59 Å². The largest absolute Gasteiger partial charge is 0.416 e. The van der Waals surface area contributed by atoms with E-state index in [2.05, 4.69) is 17.2 Å². The first-order chi connectivity index (χ1) is 10.3. The lowest BCUT2D eigenvalue weighted by molar-refractivity contribution is -0.139.